The van der Waals surface area contributed by atoms with Crippen molar-refractivity contribution in [3.05, 3.63) is 83.0 Å². The van der Waals surface area contributed by atoms with Crippen molar-refractivity contribution in [1.82, 2.24) is 9.13 Å². The number of aryl methyl sites for hydroxylation is 2. The largest absolute Gasteiger partial charge is 0.328 e. The van der Waals surface area contributed by atoms with Crippen molar-refractivity contribution in [2.24, 2.45) is 14.1 Å². The minimum atomic E-state index is -4.18. The first kappa shape index (κ1) is 20.2. The van der Waals surface area contributed by atoms with Crippen molar-refractivity contribution in [2.75, 3.05) is 4.72 Å². The molecule has 0 aliphatic heterocycles. The molecule has 0 unspecified atom stereocenters. The monoisotopic (exact) mass is 443 g/mol. The number of rotatable bonds is 5. The van der Waals surface area contributed by atoms with E-state index in [1.54, 1.807) is 26.2 Å². The zero-order valence-corrected chi connectivity index (χ0v) is 17.8. The molecule has 0 aliphatic rings. The van der Waals surface area contributed by atoms with Gasteiger partial charge in [0.1, 0.15) is 10.7 Å². The Morgan fingerprint density at radius 2 is 1.50 bits per heavy atom. The van der Waals surface area contributed by atoms with Gasteiger partial charge in [-0.1, -0.05) is 42.1 Å². The Hall–Kier alpha value is -3.04. The quantitative estimate of drug-likeness (QED) is 0.507. The number of imidazole rings is 1. The van der Waals surface area contributed by atoms with Gasteiger partial charge in [0.25, 0.3) is 10.0 Å². The highest BCUT2D eigenvalue weighted by molar-refractivity contribution is 7.99. The molecule has 0 bridgehead atoms. The summed E-state index contributed by atoms with van der Waals surface area (Å²) in [6, 6.07) is 18.0. The van der Waals surface area contributed by atoms with Crippen LogP contribution in [-0.2, 0) is 24.1 Å². The van der Waals surface area contributed by atoms with Gasteiger partial charge in [0.2, 0.25) is 0 Å². The number of hydrogen-bond donors (Lipinski definition) is 1. The molecule has 0 aliphatic carbocycles. The second-order valence-electron chi connectivity index (χ2n) is 6.69. The first-order chi connectivity index (χ1) is 14.3. The van der Waals surface area contributed by atoms with Gasteiger partial charge in [0.05, 0.1) is 16.7 Å². The summed E-state index contributed by atoms with van der Waals surface area (Å²) in [5, 5.41) is 0. The Morgan fingerprint density at radius 1 is 0.900 bits per heavy atom. The first-order valence-corrected chi connectivity index (χ1v) is 11.3. The van der Waals surface area contributed by atoms with Gasteiger partial charge in [0, 0.05) is 23.9 Å². The summed E-state index contributed by atoms with van der Waals surface area (Å²) >= 11 is 1.35. The number of sulfonamides is 1. The molecule has 6 nitrogen and oxygen atoms in total. The van der Waals surface area contributed by atoms with Gasteiger partial charge in [-0.25, -0.2) is 17.6 Å². The summed E-state index contributed by atoms with van der Waals surface area (Å²) in [4.78, 5) is 13.4. The molecule has 0 amide bonds. The Bertz CT molecular complexity index is 1410. The van der Waals surface area contributed by atoms with Crippen LogP contribution in [0.1, 0.15) is 0 Å². The molecule has 0 atom stereocenters. The predicted octanol–water partition coefficient (Wildman–Crippen LogP) is 3.97. The second kappa shape index (κ2) is 7.66. The maximum Gasteiger partial charge on any atom is 0.328 e. The lowest BCUT2D eigenvalue weighted by molar-refractivity contribution is 0.570. The van der Waals surface area contributed by atoms with Gasteiger partial charge in [-0.05, 0) is 36.4 Å². The number of hydrogen-bond acceptors (Lipinski definition) is 4. The Morgan fingerprint density at radius 3 is 2.17 bits per heavy atom. The fraction of sp³-hybridized carbons (Fsp3) is 0.0952. The van der Waals surface area contributed by atoms with E-state index in [4.69, 9.17) is 0 Å². The first-order valence-electron chi connectivity index (χ1n) is 8.97. The van der Waals surface area contributed by atoms with E-state index in [2.05, 4.69) is 4.72 Å². The van der Waals surface area contributed by atoms with Gasteiger partial charge >= 0.3 is 5.69 Å². The Kier molecular flexibility index (Phi) is 5.17. The highest BCUT2D eigenvalue weighted by Crippen LogP contribution is 2.37. The standard InChI is InChI=1S/C21H18FN3O3S2/c1-24-17-12-16(23-30(27,28)20-11-7-6-10-15(20)22)19(13-18(17)25(2)21(24)26)29-14-8-4-3-5-9-14/h3-13,23H,1-2H3. The summed E-state index contributed by atoms with van der Waals surface area (Å²) in [6.07, 6.45) is 0. The fourth-order valence-corrected chi connectivity index (χ4v) is 5.32. The van der Waals surface area contributed by atoms with Crippen LogP contribution in [0.3, 0.4) is 0 Å². The average Bonchev–Trinajstić information content (AvgIpc) is 2.93. The van der Waals surface area contributed by atoms with Gasteiger partial charge in [-0.2, -0.15) is 0 Å². The van der Waals surface area contributed by atoms with Crippen molar-refractivity contribution in [3.8, 4) is 0 Å². The minimum absolute atomic E-state index is 0.227. The smallest absolute Gasteiger partial charge is 0.295 e. The third-order valence-corrected chi connectivity index (χ3v) is 7.18. The topological polar surface area (TPSA) is 73.1 Å². The van der Waals surface area contributed by atoms with E-state index in [9.17, 15) is 17.6 Å². The molecule has 154 valence electrons. The molecule has 0 fully saturated rings. The lowest BCUT2D eigenvalue weighted by Gasteiger charge is -2.14. The van der Waals surface area contributed by atoms with Crippen LogP contribution in [0.2, 0.25) is 0 Å². The van der Waals surface area contributed by atoms with E-state index in [1.165, 1.54) is 39.1 Å². The highest BCUT2D eigenvalue weighted by atomic mass is 32.2. The van der Waals surface area contributed by atoms with Gasteiger partial charge in [0.15, 0.2) is 0 Å². The van der Waals surface area contributed by atoms with Crippen LogP contribution in [0.5, 0.6) is 0 Å². The van der Waals surface area contributed by atoms with E-state index < -0.39 is 20.7 Å². The van der Waals surface area contributed by atoms with Crippen LogP contribution in [0, 0.1) is 5.82 Å². The van der Waals surface area contributed by atoms with Crippen LogP contribution >= 0.6 is 11.8 Å². The Labute approximate surface area is 177 Å². The lowest BCUT2D eigenvalue weighted by Crippen LogP contribution is -2.19. The number of fused-ring (bicyclic) bond motifs is 1. The molecule has 0 spiro atoms. The second-order valence-corrected chi connectivity index (χ2v) is 9.45. The molecule has 3 aromatic carbocycles. The van der Waals surface area contributed by atoms with Gasteiger partial charge in [-0.15, -0.1) is 0 Å². The molecule has 30 heavy (non-hydrogen) atoms. The summed E-state index contributed by atoms with van der Waals surface area (Å²) in [6.45, 7) is 0. The molecule has 4 aromatic rings. The molecular weight excluding hydrogens is 425 g/mol. The van der Waals surface area contributed by atoms with Gasteiger partial charge < -0.3 is 0 Å². The number of aromatic nitrogens is 2. The number of anilines is 1. The van der Waals surface area contributed by atoms with Crippen LogP contribution in [0.25, 0.3) is 11.0 Å². The Balaban J connectivity index is 1.88. The maximum absolute atomic E-state index is 14.1. The van der Waals surface area contributed by atoms with E-state index in [1.807, 2.05) is 30.3 Å². The molecule has 0 radical (unpaired) electrons. The van der Waals surface area contributed by atoms with E-state index in [0.29, 0.717) is 15.9 Å². The summed E-state index contributed by atoms with van der Waals surface area (Å²) in [5.41, 5.74) is 1.26. The van der Waals surface area contributed by atoms with Crippen LogP contribution < -0.4 is 10.4 Å². The molecule has 4 rings (SSSR count). The van der Waals surface area contributed by atoms with Crippen molar-refractivity contribution >= 4 is 38.5 Å². The normalized spacial score (nSPS) is 11.7. The molecular formula is C21H18FN3O3S2. The van der Waals surface area contributed by atoms with E-state index >= 15 is 0 Å². The number of nitrogens with one attached hydrogen (secondary N) is 1. The molecule has 9 heteroatoms. The molecule has 1 heterocycles. The lowest BCUT2D eigenvalue weighted by atomic mass is 10.3. The SMILES string of the molecule is Cn1c(=O)n(C)c2cc(Sc3ccccc3)c(NS(=O)(=O)c3ccccc3F)cc21. The zero-order chi connectivity index (χ0) is 21.5. The average molecular weight is 444 g/mol. The molecule has 1 N–H and O–H groups in total. The highest BCUT2D eigenvalue weighted by Gasteiger charge is 2.22. The van der Waals surface area contributed by atoms with Crippen molar-refractivity contribution in [3.63, 3.8) is 0 Å². The van der Waals surface area contributed by atoms with Gasteiger partial charge in [-0.3, -0.25) is 13.9 Å². The third-order valence-electron chi connectivity index (χ3n) is 4.71. The van der Waals surface area contributed by atoms with Crippen LogP contribution in [0.15, 0.2) is 86.2 Å². The fourth-order valence-electron chi connectivity index (χ4n) is 3.17. The van der Waals surface area contributed by atoms with Crippen molar-refractivity contribution in [1.29, 1.82) is 0 Å². The van der Waals surface area contributed by atoms with E-state index in [0.717, 1.165) is 11.0 Å². The van der Waals surface area contributed by atoms with Crippen molar-refractivity contribution in [2.45, 2.75) is 14.7 Å². The zero-order valence-electron chi connectivity index (χ0n) is 16.2. The maximum atomic E-state index is 14.1. The van der Waals surface area contributed by atoms with E-state index in [-0.39, 0.29) is 11.4 Å². The molecule has 0 saturated heterocycles. The number of nitrogens with zero attached hydrogens (tertiary/aromatic N) is 2. The molecule has 1 aromatic heterocycles. The summed E-state index contributed by atoms with van der Waals surface area (Å²) in [7, 11) is -0.904. The third kappa shape index (κ3) is 3.61. The number of halogens is 1. The predicted molar refractivity (Wildman–Crippen MR) is 116 cm³/mol. The number of benzene rings is 3. The summed E-state index contributed by atoms with van der Waals surface area (Å²) in [5.74, 6) is -0.838. The minimum Gasteiger partial charge on any atom is -0.295 e. The molecule has 0 saturated carbocycles. The van der Waals surface area contributed by atoms with Crippen LogP contribution in [0.4, 0.5) is 10.1 Å². The summed E-state index contributed by atoms with van der Waals surface area (Å²) < 4.78 is 45.3. The van der Waals surface area contributed by atoms with Crippen molar-refractivity contribution < 1.29 is 12.8 Å². The van der Waals surface area contributed by atoms with Crippen LogP contribution in [-0.4, -0.2) is 17.6 Å².